The summed E-state index contributed by atoms with van der Waals surface area (Å²) in [5, 5.41) is 0. The van der Waals surface area contributed by atoms with Crippen LogP contribution in [0.3, 0.4) is 0 Å². The van der Waals surface area contributed by atoms with Crippen LogP contribution in [0, 0.1) is 0 Å². The van der Waals surface area contributed by atoms with Crippen molar-refractivity contribution in [3.8, 4) is 11.5 Å². The van der Waals surface area contributed by atoms with Gasteiger partial charge in [0.15, 0.2) is 11.5 Å². The molecule has 0 amide bonds. The summed E-state index contributed by atoms with van der Waals surface area (Å²) < 4.78 is 11.9. The van der Waals surface area contributed by atoms with E-state index in [1.807, 2.05) is 13.0 Å². The zero-order chi connectivity index (χ0) is 13.0. The topological polar surface area (TPSA) is 44.5 Å². The summed E-state index contributed by atoms with van der Waals surface area (Å²) in [7, 11) is 3.31. The van der Waals surface area contributed by atoms with Crippen molar-refractivity contribution in [3.05, 3.63) is 21.7 Å². The number of halogens is 1. The van der Waals surface area contributed by atoms with Crippen molar-refractivity contribution >= 4 is 15.9 Å². The molecule has 1 atom stereocenters. The molecule has 0 saturated heterocycles. The van der Waals surface area contributed by atoms with Crippen LogP contribution in [0.25, 0.3) is 0 Å². The summed E-state index contributed by atoms with van der Waals surface area (Å²) in [6.07, 6.45) is 1.70. The Bertz CT molecular complexity index is 391. The highest BCUT2D eigenvalue weighted by atomic mass is 79.9. The number of aryl methyl sites for hydroxylation is 1. The quantitative estimate of drug-likeness (QED) is 0.909. The highest BCUT2D eigenvalue weighted by molar-refractivity contribution is 9.10. The maximum Gasteiger partial charge on any atom is 0.165 e. The van der Waals surface area contributed by atoms with Crippen LogP contribution in [0.2, 0.25) is 0 Å². The van der Waals surface area contributed by atoms with E-state index < -0.39 is 0 Å². The van der Waals surface area contributed by atoms with Gasteiger partial charge in [-0.3, -0.25) is 0 Å². The van der Waals surface area contributed by atoms with Crippen molar-refractivity contribution in [1.82, 2.24) is 0 Å². The average Bonchev–Trinajstić information content (AvgIpc) is 2.30. The Labute approximate surface area is 111 Å². The standard InChI is InChI=1S/C13H20BrNO2/c1-5-9-7-11(16-3)13(17-4)10(12(9)14)6-8(2)15/h7-8H,5-6,15H2,1-4H3. The van der Waals surface area contributed by atoms with Crippen molar-refractivity contribution in [2.75, 3.05) is 14.2 Å². The first-order chi connectivity index (χ1) is 8.04. The van der Waals surface area contributed by atoms with Gasteiger partial charge in [0, 0.05) is 16.1 Å². The van der Waals surface area contributed by atoms with E-state index in [1.54, 1.807) is 14.2 Å². The molecule has 0 aromatic heterocycles. The minimum Gasteiger partial charge on any atom is -0.493 e. The molecule has 0 aliphatic rings. The lowest BCUT2D eigenvalue weighted by atomic mass is 10.0. The number of hydrogen-bond acceptors (Lipinski definition) is 3. The van der Waals surface area contributed by atoms with Crippen LogP contribution >= 0.6 is 15.9 Å². The lowest BCUT2D eigenvalue weighted by Gasteiger charge is -2.18. The van der Waals surface area contributed by atoms with Crippen molar-refractivity contribution in [3.63, 3.8) is 0 Å². The fourth-order valence-electron chi connectivity index (χ4n) is 1.87. The van der Waals surface area contributed by atoms with E-state index >= 15 is 0 Å². The van der Waals surface area contributed by atoms with E-state index in [-0.39, 0.29) is 6.04 Å². The molecule has 4 heteroatoms. The van der Waals surface area contributed by atoms with Gasteiger partial charge < -0.3 is 15.2 Å². The van der Waals surface area contributed by atoms with E-state index in [9.17, 15) is 0 Å². The van der Waals surface area contributed by atoms with Gasteiger partial charge in [-0.15, -0.1) is 0 Å². The number of methoxy groups -OCH3 is 2. The minimum absolute atomic E-state index is 0.0806. The molecule has 0 saturated carbocycles. The Hall–Kier alpha value is -0.740. The molecule has 0 aliphatic carbocycles. The van der Waals surface area contributed by atoms with Crippen LogP contribution in [0.5, 0.6) is 11.5 Å². The third-order valence-corrected chi connectivity index (χ3v) is 3.67. The van der Waals surface area contributed by atoms with Crippen molar-refractivity contribution < 1.29 is 9.47 Å². The molecule has 0 heterocycles. The predicted octanol–water partition coefficient (Wildman–Crippen LogP) is 2.92. The molecule has 0 fully saturated rings. The second kappa shape index (κ2) is 6.26. The van der Waals surface area contributed by atoms with Gasteiger partial charge >= 0.3 is 0 Å². The van der Waals surface area contributed by atoms with Gasteiger partial charge in [0.05, 0.1) is 14.2 Å². The van der Waals surface area contributed by atoms with Gasteiger partial charge in [-0.25, -0.2) is 0 Å². The van der Waals surface area contributed by atoms with E-state index in [4.69, 9.17) is 15.2 Å². The number of nitrogens with two attached hydrogens (primary N) is 1. The first-order valence-electron chi connectivity index (χ1n) is 5.72. The summed E-state index contributed by atoms with van der Waals surface area (Å²) in [6, 6.07) is 2.09. The molecule has 0 radical (unpaired) electrons. The summed E-state index contributed by atoms with van der Waals surface area (Å²) in [4.78, 5) is 0. The summed E-state index contributed by atoms with van der Waals surface area (Å²) in [5.74, 6) is 1.54. The lowest BCUT2D eigenvalue weighted by molar-refractivity contribution is 0.350. The fourth-order valence-corrected chi connectivity index (χ4v) is 2.60. The molecule has 17 heavy (non-hydrogen) atoms. The van der Waals surface area contributed by atoms with Crippen molar-refractivity contribution in [2.45, 2.75) is 32.7 Å². The SMILES string of the molecule is CCc1cc(OC)c(OC)c(CC(C)N)c1Br. The van der Waals surface area contributed by atoms with Gasteiger partial charge in [0.25, 0.3) is 0 Å². The van der Waals surface area contributed by atoms with Gasteiger partial charge in [-0.05, 0) is 31.4 Å². The molecule has 0 spiro atoms. The monoisotopic (exact) mass is 301 g/mol. The first kappa shape index (κ1) is 14.3. The Morgan fingerprint density at radius 1 is 1.35 bits per heavy atom. The molecule has 96 valence electrons. The molecular weight excluding hydrogens is 282 g/mol. The molecule has 1 aromatic rings. The number of rotatable bonds is 5. The van der Waals surface area contributed by atoms with E-state index in [0.717, 1.165) is 34.4 Å². The van der Waals surface area contributed by atoms with E-state index in [0.29, 0.717) is 0 Å². The zero-order valence-electron chi connectivity index (χ0n) is 10.8. The first-order valence-corrected chi connectivity index (χ1v) is 6.52. The molecule has 0 bridgehead atoms. The second-order valence-corrected chi connectivity index (χ2v) is 4.89. The van der Waals surface area contributed by atoms with Crippen LogP contribution in [-0.2, 0) is 12.8 Å². The molecule has 1 rings (SSSR count). The third kappa shape index (κ3) is 3.13. The van der Waals surface area contributed by atoms with Crippen LogP contribution < -0.4 is 15.2 Å². The Kier molecular flexibility index (Phi) is 5.28. The van der Waals surface area contributed by atoms with Crippen LogP contribution in [0.1, 0.15) is 25.0 Å². The van der Waals surface area contributed by atoms with Gasteiger partial charge in [0.1, 0.15) is 0 Å². The van der Waals surface area contributed by atoms with Crippen molar-refractivity contribution in [2.24, 2.45) is 5.73 Å². The second-order valence-electron chi connectivity index (χ2n) is 4.10. The molecular formula is C13H20BrNO2. The van der Waals surface area contributed by atoms with Crippen LogP contribution in [-0.4, -0.2) is 20.3 Å². The van der Waals surface area contributed by atoms with Crippen LogP contribution in [0.15, 0.2) is 10.5 Å². The fraction of sp³-hybridized carbons (Fsp3) is 0.538. The number of ether oxygens (including phenoxy) is 2. The highest BCUT2D eigenvalue weighted by Crippen LogP contribution is 2.39. The Morgan fingerprint density at radius 3 is 2.41 bits per heavy atom. The zero-order valence-corrected chi connectivity index (χ0v) is 12.4. The smallest absolute Gasteiger partial charge is 0.165 e. The number of hydrogen-bond donors (Lipinski definition) is 1. The Morgan fingerprint density at radius 2 is 2.00 bits per heavy atom. The highest BCUT2D eigenvalue weighted by Gasteiger charge is 2.18. The molecule has 1 aromatic carbocycles. The predicted molar refractivity (Wildman–Crippen MR) is 74.0 cm³/mol. The van der Waals surface area contributed by atoms with Crippen LogP contribution in [0.4, 0.5) is 0 Å². The molecule has 0 aliphatic heterocycles. The summed E-state index contributed by atoms with van der Waals surface area (Å²) in [6.45, 7) is 4.10. The molecule has 1 unspecified atom stereocenters. The minimum atomic E-state index is 0.0806. The normalized spacial score (nSPS) is 12.4. The van der Waals surface area contributed by atoms with Crippen molar-refractivity contribution in [1.29, 1.82) is 0 Å². The van der Waals surface area contributed by atoms with Gasteiger partial charge in [0.2, 0.25) is 0 Å². The van der Waals surface area contributed by atoms with E-state index in [1.165, 1.54) is 5.56 Å². The molecule has 2 N–H and O–H groups in total. The number of benzene rings is 1. The van der Waals surface area contributed by atoms with Gasteiger partial charge in [-0.1, -0.05) is 22.9 Å². The maximum absolute atomic E-state index is 5.88. The summed E-state index contributed by atoms with van der Waals surface area (Å²) >= 11 is 3.63. The largest absolute Gasteiger partial charge is 0.493 e. The van der Waals surface area contributed by atoms with E-state index in [2.05, 4.69) is 22.9 Å². The molecule has 3 nitrogen and oxygen atoms in total. The lowest BCUT2D eigenvalue weighted by Crippen LogP contribution is -2.19. The average molecular weight is 302 g/mol. The summed E-state index contributed by atoms with van der Waals surface area (Å²) in [5.41, 5.74) is 8.17. The van der Waals surface area contributed by atoms with Gasteiger partial charge in [-0.2, -0.15) is 0 Å². The third-order valence-electron chi connectivity index (χ3n) is 2.68. The Balaban J connectivity index is 3.38. The maximum atomic E-state index is 5.88.